The van der Waals surface area contributed by atoms with E-state index in [0.29, 0.717) is 12.0 Å². The lowest BCUT2D eigenvalue weighted by atomic mass is 10.0. The number of aliphatic hydroxyl groups is 1. The third kappa shape index (κ3) is 3.85. The van der Waals surface area contributed by atoms with Gasteiger partial charge in [-0.2, -0.15) is 0 Å². The van der Waals surface area contributed by atoms with E-state index in [-0.39, 0.29) is 19.2 Å². The van der Waals surface area contributed by atoms with Gasteiger partial charge in [0.2, 0.25) is 0 Å². The Hall–Kier alpha value is -1.78. The van der Waals surface area contributed by atoms with Crippen molar-refractivity contribution in [1.82, 2.24) is 5.32 Å². The molecule has 1 atom stereocenters. The Morgan fingerprint density at radius 2 is 1.80 bits per heavy atom. The van der Waals surface area contributed by atoms with Gasteiger partial charge < -0.3 is 10.4 Å². The van der Waals surface area contributed by atoms with Gasteiger partial charge in [-0.3, -0.25) is 0 Å². The molecule has 2 rings (SSSR count). The minimum atomic E-state index is -0.582. The molecule has 20 heavy (non-hydrogen) atoms. The largest absolute Gasteiger partial charge is 0.396 e. The molecule has 0 saturated carbocycles. The molecule has 4 heteroatoms. The Bertz CT molecular complexity index is 545. The first kappa shape index (κ1) is 14.6. The summed E-state index contributed by atoms with van der Waals surface area (Å²) in [6.07, 6.45) is 0.535. The molecular formula is C16H17F2NO. The first-order valence-corrected chi connectivity index (χ1v) is 6.54. The molecule has 0 aliphatic rings. The number of hydrogen-bond donors (Lipinski definition) is 2. The molecule has 2 aromatic carbocycles. The van der Waals surface area contributed by atoms with Crippen LogP contribution in [0.25, 0.3) is 0 Å². The van der Waals surface area contributed by atoms with E-state index in [1.807, 2.05) is 30.3 Å². The monoisotopic (exact) mass is 277 g/mol. The van der Waals surface area contributed by atoms with Crippen molar-refractivity contribution in [3.05, 3.63) is 71.3 Å². The zero-order valence-electron chi connectivity index (χ0n) is 11.0. The predicted octanol–water partition coefficient (Wildman–Crippen LogP) is 3.18. The highest BCUT2D eigenvalue weighted by atomic mass is 19.1. The SMILES string of the molecule is OCC[C@H](NCc1ccc(F)cc1F)c1ccccc1. The Kier molecular flexibility index (Phi) is 5.21. The topological polar surface area (TPSA) is 32.3 Å². The summed E-state index contributed by atoms with van der Waals surface area (Å²) in [6.45, 7) is 0.324. The van der Waals surface area contributed by atoms with E-state index in [1.54, 1.807) is 0 Å². The second-order valence-corrected chi connectivity index (χ2v) is 4.59. The molecule has 2 aromatic rings. The average molecular weight is 277 g/mol. The van der Waals surface area contributed by atoms with Crippen molar-refractivity contribution >= 4 is 0 Å². The minimum absolute atomic E-state index is 0.0401. The van der Waals surface area contributed by atoms with E-state index in [4.69, 9.17) is 5.11 Å². The summed E-state index contributed by atoms with van der Waals surface area (Å²) >= 11 is 0. The van der Waals surface area contributed by atoms with Crippen LogP contribution in [-0.2, 0) is 6.54 Å². The normalized spacial score (nSPS) is 12.3. The van der Waals surface area contributed by atoms with Crippen LogP contribution in [0.5, 0.6) is 0 Å². The van der Waals surface area contributed by atoms with Crippen molar-refractivity contribution in [2.75, 3.05) is 6.61 Å². The van der Waals surface area contributed by atoms with E-state index in [0.717, 1.165) is 11.6 Å². The third-order valence-corrected chi connectivity index (χ3v) is 3.17. The third-order valence-electron chi connectivity index (χ3n) is 3.17. The zero-order valence-corrected chi connectivity index (χ0v) is 11.0. The van der Waals surface area contributed by atoms with E-state index in [2.05, 4.69) is 5.32 Å². The maximum Gasteiger partial charge on any atom is 0.130 e. The number of benzene rings is 2. The van der Waals surface area contributed by atoms with Crippen LogP contribution >= 0.6 is 0 Å². The van der Waals surface area contributed by atoms with Crippen molar-refractivity contribution in [1.29, 1.82) is 0 Å². The van der Waals surface area contributed by atoms with Gasteiger partial charge in [-0.1, -0.05) is 36.4 Å². The lowest BCUT2D eigenvalue weighted by Gasteiger charge is -2.18. The fraction of sp³-hybridized carbons (Fsp3) is 0.250. The molecule has 0 heterocycles. The van der Waals surface area contributed by atoms with Gasteiger partial charge in [0.05, 0.1) is 0 Å². The summed E-state index contributed by atoms with van der Waals surface area (Å²) < 4.78 is 26.4. The number of aliphatic hydroxyl groups excluding tert-OH is 1. The summed E-state index contributed by atoms with van der Waals surface area (Å²) in [4.78, 5) is 0. The second kappa shape index (κ2) is 7.12. The quantitative estimate of drug-likeness (QED) is 0.850. The van der Waals surface area contributed by atoms with Crippen LogP contribution < -0.4 is 5.32 Å². The molecule has 2 N–H and O–H groups in total. The van der Waals surface area contributed by atoms with Gasteiger partial charge in [-0.05, 0) is 18.1 Å². The van der Waals surface area contributed by atoms with Crippen molar-refractivity contribution in [3.63, 3.8) is 0 Å². The van der Waals surface area contributed by atoms with Gasteiger partial charge in [0.25, 0.3) is 0 Å². The molecule has 0 aliphatic heterocycles. The smallest absolute Gasteiger partial charge is 0.130 e. The molecule has 0 unspecified atom stereocenters. The lowest BCUT2D eigenvalue weighted by Crippen LogP contribution is -2.22. The minimum Gasteiger partial charge on any atom is -0.396 e. The van der Waals surface area contributed by atoms with E-state index in [1.165, 1.54) is 12.1 Å². The summed E-state index contributed by atoms with van der Waals surface area (Å²) in [6, 6.07) is 13.1. The molecule has 106 valence electrons. The summed E-state index contributed by atoms with van der Waals surface area (Å²) in [5, 5.41) is 12.3. The van der Waals surface area contributed by atoms with Gasteiger partial charge >= 0.3 is 0 Å². The van der Waals surface area contributed by atoms with Crippen LogP contribution in [0.15, 0.2) is 48.5 Å². The molecule has 0 aromatic heterocycles. The molecule has 0 fully saturated rings. The fourth-order valence-electron chi connectivity index (χ4n) is 2.10. The number of hydrogen-bond acceptors (Lipinski definition) is 2. The maximum absolute atomic E-state index is 13.6. The number of nitrogens with one attached hydrogen (secondary N) is 1. The van der Waals surface area contributed by atoms with Crippen LogP contribution in [0, 0.1) is 11.6 Å². The molecule has 2 nitrogen and oxygen atoms in total. The highest BCUT2D eigenvalue weighted by molar-refractivity contribution is 5.21. The van der Waals surface area contributed by atoms with Crippen molar-refractivity contribution in [2.24, 2.45) is 0 Å². The Labute approximate surface area is 117 Å². The molecule has 0 radical (unpaired) electrons. The van der Waals surface area contributed by atoms with Crippen LogP contribution in [0.4, 0.5) is 8.78 Å². The average Bonchev–Trinajstić information content (AvgIpc) is 2.46. The van der Waals surface area contributed by atoms with Gasteiger partial charge in [0, 0.05) is 30.8 Å². The van der Waals surface area contributed by atoms with E-state index in [9.17, 15) is 8.78 Å². The Balaban J connectivity index is 2.06. The second-order valence-electron chi connectivity index (χ2n) is 4.59. The maximum atomic E-state index is 13.6. The zero-order chi connectivity index (χ0) is 14.4. The summed E-state index contributed by atoms with van der Waals surface area (Å²) in [5.41, 5.74) is 1.44. The molecule has 0 aliphatic carbocycles. The summed E-state index contributed by atoms with van der Waals surface area (Å²) in [7, 11) is 0. The van der Waals surface area contributed by atoms with Gasteiger partial charge in [0.15, 0.2) is 0 Å². The standard InChI is InChI=1S/C16H17F2NO/c17-14-7-6-13(15(18)10-14)11-19-16(8-9-20)12-4-2-1-3-5-12/h1-7,10,16,19-20H,8-9,11H2/t16-/m0/s1. The van der Waals surface area contributed by atoms with Crippen molar-refractivity contribution in [2.45, 2.75) is 19.0 Å². The highest BCUT2D eigenvalue weighted by Gasteiger charge is 2.11. The summed E-state index contributed by atoms with van der Waals surface area (Å²) in [5.74, 6) is -1.14. The van der Waals surface area contributed by atoms with Crippen molar-refractivity contribution in [3.8, 4) is 0 Å². The predicted molar refractivity (Wildman–Crippen MR) is 74.1 cm³/mol. The highest BCUT2D eigenvalue weighted by Crippen LogP contribution is 2.18. The number of halogens is 2. The first-order chi connectivity index (χ1) is 9.70. The lowest BCUT2D eigenvalue weighted by molar-refractivity contribution is 0.265. The molecule has 0 bridgehead atoms. The molecular weight excluding hydrogens is 260 g/mol. The van der Waals surface area contributed by atoms with Crippen LogP contribution in [0.2, 0.25) is 0 Å². The Morgan fingerprint density at radius 1 is 1.05 bits per heavy atom. The van der Waals surface area contributed by atoms with Crippen LogP contribution in [0.1, 0.15) is 23.6 Å². The van der Waals surface area contributed by atoms with Gasteiger partial charge in [0.1, 0.15) is 11.6 Å². The van der Waals surface area contributed by atoms with Gasteiger partial charge in [-0.15, -0.1) is 0 Å². The molecule has 0 saturated heterocycles. The first-order valence-electron chi connectivity index (χ1n) is 6.54. The number of rotatable bonds is 6. The van der Waals surface area contributed by atoms with Crippen LogP contribution in [0.3, 0.4) is 0 Å². The van der Waals surface area contributed by atoms with E-state index < -0.39 is 11.6 Å². The van der Waals surface area contributed by atoms with E-state index >= 15 is 0 Å². The van der Waals surface area contributed by atoms with Crippen LogP contribution in [-0.4, -0.2) is 11.7 Å². The van der Waals surface area contributed by atoms with Crippen molar-refractivity contribution < 1.29 is 13.9 Å². The molecule has 0 spiro atoms. The van der Waals surface area contributed by atoms with Gasteiger partial charge in [-0.25, -0.2) is 8.78 Å². The Morgan fingerprint density at radius 3 is 2.45 bits per heavy atom. The molecule has 0 amide bonds. The fourth-order valence-corrected chi connectivity index (χ4v) is 2.10.